The fraction of sp³-hybridized carbons (Fsp3) is 0.188. The van der Waals surface area contributed by atoms with Gasteiger partial charge in [-0.2, -0.15) is 0 Å². The average molecular weight is 381 g/mol. The standard InChI is InChI=1S/C16H16INO2/c1-20-11-14-6-3-2-5-13(14)10-18-16(19)12-7-4-8-15(17)9-12/h2-9H,10-11H2,1H3,(H,18,19). The molecule has 1 amide bonds. The minimum Gasteiger partial charge on any atom is -0.380 e. The highest BCUT2D eigenvalue weighted by molar-refractivity contribution is 14.1. The van der Waals surface area contributed by atoms with Crippen molar-refractivity contribution in [3.63, 3.8) is 0 Å². The lowest BCUT2D eigenvalue weighted by Crippen LogP contribution is -2.23. The summed E-state index contributed by atoms with van der Waals surface area (Å²) < 4.78 is 6.21. The highest BCUT2D eigenvalue weighted by Crippen LogP contribution is 2.11. The van der Waals surface area contributed by atoms with Gasteiger partial charge in [-0.3, -0.25) is 4.79 Å². The smallest absolute Gasteiger partial charge is 0.251 e. The minimum absolute atomic E-state index is 0.0595. The summed E-state index contributed by atoms with van der Waals surface area (Å²) >= 11 is 2.20. The van der Waals surface area contributed by atoms with Crippen LogP contribution in [0.2, 0.25) is 0 Å². The van der Waals surface area contributed by atoms with Crippen molar-refractivity contribution >= 4 is 28.5 Å². The van der Waals surface area contributed by atoms with Crippen molar-refractivity contribution in [2.24, 2.45) is 0 Å². The van der Waals surface area contributed by atoms with E-state index in [0.717, 1.165) is 14.7 Å². The highest BCUT2D eigenvalue weighted by Gasteiger charge is 2.07. The number of carbonyl (C=O) groups excluding carboxylic acids is 1. The van der Waals surface area contributed by atoms with Crippen LogP contribution in [0.1, 0.15) is 21.5 Å². The zero-order valence-corrected chi connectivity index (χ0v) is 13.4. The van der Waals surface area contributed by atoms with Gasteiger partial charge >= 0.3 is 0 Å². The van der Waals surface area contributed by atoms with E-state index in [1.807, 2.05) is 48.5 Å². The Kier molecular flexibility index (Phi) is 5.55. The van der Waals surface area contributed by atoms with Gasteiger partial charge < -0.3 is 10.1 Å². The van der Waals surface area contributed by atoms with E-state index in [1.54, 1.807) is 7.11 Å². The number of benzene rings is 2. The lowest BCUT2D eigenvalue weighted by molar-refractivity contribution is 0.0950. The number of ether oxygens (including phenoxy) is 1. The first-order valence-electron chi connectivity index (χ1n) is 6.30. The summed E-state index contributed by atoms with van der Waals surface area (Å²) in [6.07, 6.45) is 0. The number of carbonyl (C=O) groups is 1. The SMILES string of the molecule is COCc1ccccc1CNC(=O)c1cccc(I)c1. The van der Waals surface area contributed by atoms with Gasteiger partial charge in [-0.15, -0.1) is 0 Å². The molecule has 104 valence electrons. The summed E-state index contributed by atoms with van der Waals surface area (Å²) in [5, 5.41) is 2.94. The van der Waals surface area contributed by atoms with Gasteiger partial charge in [-0.1, -0.05) is 30.3 Å². The van der Waals surface area contributed by atoms with Crippen molar-refractivity contribution in [3.05, 3.63) is 68.8 Å². The normalized spacial score (nSPS) is 10.3. The summed E-state index contributed by atoms with van der Waals surface area (Å²) in [5.74, 6) is -0.0595. The maximum absolute atomic E-state index is 12.1. The second kappa shape index (κ2) is 7.40. The Bertz CT molecular complexity index is 599. The molecule has 0 aliphatic rings. The maximum atomic E-state index is 12.1. The summed E-state index contributed by atoms with van der Waals surface area (Å²) in [6, 6.07) is 15.5. The van der Waals surface area contributed by atoms with Crippen molar-refractivity contribution in [1.29, 1.82) is 0 Å². The fourth-order valence-corrected chi connectivity index (χ4v) is 2.48. The van der Waals surface area contributed by atoms with E-state index in [4.69, 9.17) is 4.74 Å². The molecular formula is C16H16INO2. The predicted octanol–water partition coefficient (Wildman–Crippen LogP) is 3.37. The zero-order valence-electron chi connectivity index (χ0n) is 11.2. The van der Waals surface area contributed by atoms with Crippen LogP contribution in [0.3, 0.4) is 0 Å². The highest BCUT2D eigenvalue weighted by atomic mass is 127. The van der Waals surface area contributed by atoms with Gasteiger partial charge in [0.15, 0.2) is 0 Å². The van der Waals surface area contributed by atoms with Crippen molar-refractivity contribution in [2.75, 3.05) is 7.11 Å². The third kappa shape index (κ3) is 4.05. The van der Waals surface area contributed by atoms with Gasteiger partial charge in [0.1, 0.15) is 0 Å². The summed E-state index contributed by atoms with van der Waals surface area (Å²) in [7, 11) is 1.67. The van der Waals surface area contributed by atoms with Crippen molar-refractivity contribution in [3.8, 4) is 0 Å². The summed E-state index contributed by atoms with van der Waals surface area (Å²) in [6.45, 7) is 1.05. The molecule has 3 nitrogen and oxygen atoms in total. The van der Waals surface area contributed by atoms with Crippen LogP contribution in [0.5, 0.6) is 0 Å². The van der Waals surface area contributed by atoms with Crippen molar-refractivity contribution < 1.29 is 9.53 Å². The molecule has 20 heavy (non-hydrogen) atoms. The van der Waals surface area contributed by atoms with Gasteiger partial charge in [0.05, 0.1) is 6.61 Å². The van der Waals surface area contributed by atoms with Gasteiger partial charge in [0.25, 0.3) is 5.91 Å². The zero-order chi connectivity index (χ0) is 14.4. The molecule has 0 spiro atoms. The van der Waals surface area contributed by atoms with E-state index in [-0.39, 0.29) is 5.91 Å². The second-order valence-electron chi connectivity index (χ2n) is 4.39. The van der Waals surface area contributed by atoms with E-state index < -0.39 is 0 Å². The topological polar surface area (TPSA) is 38.3 Å². The van der Waals surface area contributed by atoms with Crippen LogP contribution in [0.15, 0.2) is 48.5 Å². The molecule has 0 aromatic heterocycles. The summed E-state index contributed by atoms with van der Waals surface area (Å²) in [5.41, 5.74) is 2.85. The number of methoxy groups -OCH3 is 1. The van der Waals surface area contributed by atoms with E-state index in [0.29, 0.717) is 18.7 Å². The van der Waals surface area contributed by atoms with Crippen LogP contribution < -0.4 is 5.32 Å². The first-order valence-corrected chi connectivity index (χ1v) is 7.38. The minimum atomic E-state index is -0.0595. The average Bonchev–Trinajstić information content (AvgIpc) is 2.46. The number of hydrogen-bond acceptors (Lipinski definition) is 2. The van der Waals surface area contributed by atoms with Crippen molar-refractivity contribution in [2.45, 2.75) is 13.2 Å². The lowest BCUT2D eigenvalue weighted by Gasteiger charge is -2.10. The number of amides is 1. The first-order chi connectivity index (χ1) is 9.70. The van der Waals surface area contributed by atoms with Crippen LogP contribution in [0.4, 0.5) is 0 Å². The Hall–Kier alpha value is -1.40. The molecule has 0 unspecified atom stereocenters. The monoisotopic (exact) mass is 381 g/mol. The third-order valence-electron chi connectivity index (χ3n) is 2.94. The Balaban J connectivity index is 2.03. The largest absolute Gasteiger partial charge is 0.380 e. The molecule has 2 rings (SSSR count). The molecule has 0 fully saturated rings. The quantitative estimate of drug-likeness (QED) is 0.807. The number of halogens is 1. The predicted molar refractivity (Wildman–Crippen MR) is 87.5 cm³/mol. The van der Waals surface area contributed by atoms with Gasteiger partial charge in [-0.05, 0) is 51.9 Å². The van der Waals surface area contributed by atoms with E-state index in [9.17, 15) is 4.79 Å². The molecule has 0 saturated carbocycles. The van der Waals surface area contributed by atoms with Crippen LogP contribution in [0.25, 0.3) is 0 Å². The molecule has 0 radical (unpaired) electrons. The molecule has 0 bridgehead atoms. The van der Waals surface area contributed by atoms with Crippen LogP contribution in [0, 0.1) is 3.57 Å². The molecule has 2 aromatic carbocycles. The molecule has 4 heteroatoms. The Morgan fingerprint density at radius 3 is 2.60 bits per heavy atom. The third-order valence-corrected chi connectivity index (χ3v) is 3.62. The fourth-order valence-electron chi connectivity index (χ4n) is 1.93. The Morgan fingerprint density at radius 2 is 1.90 bits per heavy atom. The molecule has 0 atom stereocenters. The van der Waals surface area contributed by atoms with Gasteiger partial charge in [0.2, 0.25) is 0 Å². The number of rotatable bonds is 5. The van der Waals surface area contributed by atoms with Crippen LogP contribution >= 0.6 is 22.6 Å². The first kappa shape index (κ1) is 15.0. The Morgan fingerprint density at radius 1 is 1.15 bits per heavy atom. The van der Waals surface area contributed by atoms with E-state index in [1.165, 1.54) is 0 Å². The molecule has 0 heterocycles. The Labute approximate surface area is 132 Å². The van der Waals surface area contributed by atoms with E-state index in [2.05, 4.69) is 27.9 Å². The van der Waals surface area contributed by atoms with E-state index >= 15 is 0 Å². The molecule has 0 aliphatic carbocycles. The molecule has 1 N–H and O–H groups in total. The second-order valence-corrected chi connectivity index (χ2v) is 5.64. The van der Waals surface area contributed by atoms with Crippen LogP contribution in [-0.4, -0.2) is 13.0 Å². The van der Waals surface area contributed by atoms with Gasteiger partial charge in [-0.25, -0.2) is 0 Å². The number of hydrogen-bond donors (Lipinski definition) is 1. The lowest BCUT2D eigenvalue weighted by atomic mass is 10.1. The molecule has 0 saturated heterocycles. The summed E-state index contributed by atoms with van der Waals surface area (Å²) in [4.78, 5) is 12.1. The van der Waals surface area contributed by atoms with Crippen LogP contribution in [-0.2, 0) is 17.9 Å². The molecule has 0 aliphatic heterocycles. The maximum Gasteiger partial charge on any atom is 0.251 e. The molecule has 2 aromatic rings. The van der Waals surface area contributed by atoms with Gasteiger partial charge in [0, 0.05) is 22.8 Å². The van der Waals surface area contributed by atoms with Crippen molar-refractivity contribution in [1.82, 2.24) is 5.32 Å². The number of nitrogens with one attached hydrogen (secondary N) is 1. The molecular weight excluding hydrogens is 365 g/mol.